The van der Waals surface area contributed by atoms with Crippen molar-refractivity contribution in [2.45, 2.75) is 30.9 Å². The number of guanidine groups is 1. The van der Waals surface area contributed by atoms with Gasteiger partial charge in [0, 0.05) is 32.6 Å². The summed E-state index contributed by atoms with van der Waals surface area (Å²) >= 11 is 0. The molecule has 0 saturated carbocycles. The van der Waals surface area contributed by atoms with Crippen molar-refractivity contribution in [2.24, 2.45) is 4.99 Å². The highest BCUT2D eigenvalue weighted by Gasteiger charge is 2.40. The number of hydrogen-bond acceptors (Lipinski definition) is 3. The Morgan fingerprint density at radius 2 is 1.62 bits per heavy atom. The predicted octanol–water partition coefficient (Wildman–Crippen LogP) is 3.29. The lowest BCUT2D eigenvalue weighted by atomic mass is 9.88. The predicted molar refractivity (Wildman–Crippen MR) is 120 cm³/mol. The lowest BCUT2D eigenvalue weighted by Gasteiger charge is -2.39. The Kier molecular flexibility index (Phi) is 6.63. The third-order valence-electron chi connectivity index (χ3n) is 5.67. The molecule has 6 heteroatoms. The molecule has 0 radical (unpaired) electrons. The molecule has 0 bridgehead atoms. The van der Waals surface area contributed by atoms with E-state index in [2.05, 4.69) is 63.7 Å². The highest BCUT2D eigenvalue weighted by Crippen LogP contribution is 2.27. The van der Waals surface area contributed by atoms with Crippen molar-refractivity contribution >= 4 is 15.8 Å². The molecular weight excluding hydrogens is 382 g/mol. The Morgan fingerprint density at radius 3 is 2.10 bits per heavy atom. The largest absolute Gasteiger partial charge is 0.356 e. The van der Waals surface area contributed by atoms with E-state index in [0.29, 0.717) is 19.0 Å². The zero-order chi connectivity index (χ0) is 20.9. The van der Waals surface area contributed by atoms with Crippen molar-refractivity contribution in [3.63, 3.8) is 0 Å². The van der Waals surface area contributed by atoms with Crippen molar-refractivity contribution < 1.29 is 8.42 Å². The maximum absolute atomic E-state index is 12.3. The van der Waals surface area contributed by atoms with E-state index in [-0.39, 0.29) is 5.75 Å². The van der Waals surface area contributed by atoms with E-state index >= 15 is 0 Å². The Balaban J connectivity index is 1.67. The third kappa shape index (κ3) is 4.99. The summed E-state index contributed by atoms with van der Waals surface area (Å²) in [7, 11) is -1.31. The lowest BCUT2D eigenvalue weighted by molar-refractivity contribution is 0.353. The van der Waals surface area contributed by atoms with Crippen LogP contribution < -0.4 is 5.32 Å². The van der Waals surface area contributed by atoms with Crippen LogP contribution in [0.15, 0.2) is 65.7 Å². The van der Waals surface area contributed by atoms with E-state index in [9.17, 15) is 8.42 Å². The molecule has 1 heterocycles. The van der Waals surface area contributed by atoms with Gasteiger partial charge in [-0.2, -0.15) is 0 Å². The van der Waals surface area contributed by atoms with Gasteiger partial charge in [-0.15, -0.1) is 0 Å². The van der Waals surface area contributed by atoms with Crippen LogP contribution in [0.4, 0.5) is 0 Å². The molecule has 0 amide bonds. The fraction of sp³-hybridized carbons (Fsp3) is 0.435. The molecule has 1 fully saturated rings. The molecule has 1 aliphatic rings. The lowest BCUT2D eigenvalue weighted by Crippen LogP contribution is -2.57. The summed E-state index contributed by atoms with van der Waals surface area (Å²) in [6, 6.07) is 21.1. The standard InChI is InChI=1S/C23H31N3O2S/c1-23(2)18-26(16-17-29(23,27)28)22(24-3)25-15-14-21(19-10-6-4-7-11-19)20-12-8-5-9-13-20/h4-13,21H,14-18H2,1-3H3,(H,24,25). The van der Waals surface area contributed by atoms with Crippen LogP contribution in [-0.2, 0) is 9.84 Å². The first-order chi connectivity index (χ1) is 13.8. The maximum atomic E-state index is 12.3. The number of nitrogens with one attached hydrogen (secondary N) is 1. The van der Waals surface area contributed by atoms with Gasteiger partial charge in [0.1, 0.15) is 0 Å². The Morgan fingerprint density at radius 1 is 1.07 bits per heavy atom. The monoisotopic (exact) mass is 413 g/mol. The second-order valence-electron chi connectivity index (χ2n) is 8.14. The molecule has 2 aromatic rings. The first kappa shape index (κ1) is 21.4. The molecule has 156 valence electrons. The van der Waals surface area contributed by atoms with Gasteiger partial charge in [-0.3, -0.25) is 4.99 Å². The molecule has 0 spiro atoms. The van der Waals surface area contributed by atoms with Gasteiger partial charge < -0.3 is 10.2 Å². The van der Waals surface area contributed by atoms with Gasteiger partial charge >= 0.3 is 0 Å². The molecule has 3 rings (SSSR count). The summed E-state index contributed by atoms with van der Waals surface area (Å²) < 4.78 is 23.8. The summed E-state index contributed by atoms with van der Waals surface area (Å²) in [6.45, 7) is 5.28. The third-order valence-corrected chi connectivity index (χ3v) is 8.21. The van der Waals surface area contributed by atoms with Gasteiger partial charge in [-0.05, 0) is 31.4 Å². The van der Waals surface area contributed by atoms with Crippen LogP contribution in [0.1, 0.15) is 37.3 Å². The van der Waals surface area contributed by atoms with E-state index in [0.717, 1.165) is 18.9 Å². The van der Waals surface area contributed by atoms with Crippen LogP contribution in [0.2, 0.25) is 0 Å². The molecule has 1 saturated heterocycles. The van der Waals surface area contributed by atoms with Crippen molar-refractivity contribution in [3.05, 3.63) is 71.8 Å². The van der Waals surface area contributed by atoms with E-state index in [4.69, 9.17) is 0 Å². The van der Waals surface area contributed by atoms with E-state index in [1.54, 1.807) is 20.9 Å². The van der Waals surface area contributed by atoms with E-state index in [1.807, 2.05) is 12.1 Å². The highest BCUT2D eigenvalue weighted by molar-refractivity contribution is 7.92. The Hall–Kier alpha value is -2.34. The maximum Gasteiger partial charge on any atom is 0.193 e. The smallest absolute Gasteiger partial charge is 0.193 e. The van der Waals surface area contributed by atoms with Crippen LogP contribution in [0.25, 0.3) is 0 Å². The highest BCUT2D eigenvalue weighted by atomic mass is 32.2. The van der Waals surface area contributed by atoms with Gasteiger partial charge in [0.2, 0.25) is 0 Å². The van der Waals surface area contributed by atoms with Gasteiger partial charge in [0.05, 0.1) is 10.5 Å². The number of nitrogens with zero attached hydrogens (tertiary/aromatic N) is 2. The van der Waals surface area contributed by atoms with Gasteiger partial charge in [0.15, 0.2) is 15.8 Å². The number of sulfone groups is 1. The Bertz CT molecular complexity index is 886. The number of hydrogen-bond donors (Lipinski definition) is 1. The zero-order valence-corrected chi connectivity index (χ0v) is 18.3. The average molecular weight is 414 g/mol. The number of rotatable bonds is 5. The van der Waals surface area contributed by atoms with Crippen LogP contribution in [0.3, 0.4) is 0 Å². The second kappa shape index (κ2) is 8.99. The van der Waals surface area contributed by atoms with Crippen molar-refractivity contribution in [2.75, 3.05) is 32.4 Å². The fourth-order valence-electron chi connectivity index (χ4n) is 3.88. The molecule has 0 unspecified atom stereocenters. The summed E-state index contributed by atoms with van der Waals surface area (Å²) in [5, 5.41) is 3.46. The minimum atomic E-state index is -3.07. The quantitative estimate of drug-likeness (QED) is 0.604. The van der Waals surface area contributed by atoms with Crippen LogP contribution in [0.5, 0.6) is 0 Å². The first-order valence-electron chi connectivity index (χ1n) is 10.1. The number of aliphatic imine (C=N–C) groups is 1. The van der Waals surface area contributed by atoms with Gasteiger partial charge in [0.25, 0.3) is 0 Å². The fourth-order valence-corrected chi connectivity index (χ4v) is 5.25. The second-order valence-corrected chi connectivity index (χ2v) is 10.9. The molecular formula is C23H31N3O2S. The summed E-state index contributed by atoms with van der Waals surface area (Å²) in [6.07, 6.45) is 0.919. The van der Waals surface area contributed by atoms with Crippen LogP contribution in [0, 0.1) is 0 Å². The average Bonchev–Trinajstić information content (AvgIpc) is 2.72. The van der Waals surface area contributed by atoms with Crippen molar-refractivity contribution in [3.8, 4) is 0 Å². The van der Waals surface area contributed by atoms with Crippen molar-refractivity contribution in [1.29, 1.82) is 0 Å². The van der Waals surface area contributed by atoms with Gasteiger partial charge in [-0.1, -0.05) is 60.7 Å². The normalized spacial score (nSPS) is 18.6. The van der Waals surface area contributed by atoms with Crippen molar-refractivity contribution in [1.82, 2.24) is 10.2 Å². The summed E-state index contributed by atoms with van der Waals surface area (Å²) in [5.41, 5.74) is 2.58. The summed E-state index contributed by atoms with van der Waals surface area (Å²) in [4.78, 5) is 6.46. The van der Waals surface area contributed by atoms with E-state index < -0.39 is 14.6 Å². The SMILES string of the molecule is CN=C(NCCC(c1ccccc1)c1ccccc1)N1CCS(=O)(=O)C(C)(C)C1. The van der Waals surface area contributed by atoms with Crippen LogP contribution >= 0.6 is 0 Å². The molecule has 1 aliphatic heterocycles. The topological polar surface area (TPSA) is 61.8 Å². The molecule has 0 atom stereocenters. The molecule has 2 aromatic carbocycles. The van der Waals surface area contributed by atoms with Crippen LogP contribution in [-0.4, -0.2) is 56.5 Å². The molecule has 29 heavy (non-hydrogen) atoms. The minimum Gasteiger partial charge on any atom is -0.356 e. The molecule has 5 nitrogen and oxygen atoms in total. The first-order valence-corrected chi connectivity index (χ1v) is 11.8. The minimum absolute atomic E-state index is 0.164. The Labute approximate surface area is 174 Å². The summed E-state index contributed by atoms with van der Waals surface area (Å²) in [5.74, 6) is 1.23. The molecule has 0 aliphatic carbocycles. The number of benzene rings is 2. The van der Waals surface area contributed by atoms with E-state index in [1.165, 1.54) is 11.1 Å². The molecule has 1 N–H and O–H groups in total. The molecule has 0 aromatic heterocycles. The van der Waals surface area contributed by atoms with Gasteiger partial charge in [-0.25, -0.2) is 8.42 Å². The zero-order valence-electron chi connectivity index (χ0n) is 17.5.